The first kappa shape index (κ1) is 13.1. The van der Waals surface area contributed by atoms with E-state index >= 15 is 0 Å². The number of hydrogen-bond acceptors (Lipinski definition) is 3. The van der Waals surface area contributed by atoms with Crippen molar-refractivity contribution in [1.82, 2.24) is 5.32 Å². The van der Waals surface area contributed by atoms with E-state index in [1.165, 1.54) is 5.56 Å². The highest BCUT2D eigenvalue weighted by Crippen LogP contribution is 2.27. The van der Waals surface area contributed by atoms with Gasteiger partial charge in [0.1, 0.15) is 0 Å². The average molecular weight is 244 g/mol. The number of halogens is 1. The fraction of sp³-hybridized carbons (Fsp3) is 0.500. The van der Waals surface area contributed by atoms with Gasteiger partial charge in [-0.1, -0.05) is 6.07 Å². The van der Waals surface area contributed by atoms with Crippen LogP contribution in [0.15, 0.2) is 18.2 Å². The highest BCUT2D eigenvalue weighted by Gasteiger charge is 2.03. The van der Waals surface area contributed by atoms with Crippen LogP contribution in [0.2, 0.25) is 0 Å². The number of alkyl halides is 1. The van der Waals surface area contributed by atoms with E-state index in [2.05, 4.69) is 5.32 Å². The maximum Gasteiger partial charge on any atom is 0.160 e. The Morgan fingerprint density at radius 2 is 1.88 bits per heavy atom. The van der Waals surface area contributed by atoms with Crippen LogP contribution in [0.4, 0.5) is 0 Å². The van der Waals surface area contributed by atoms with E-state index < -0.39 is 0 Å². The van der Waals surface area contributed by atoms with Gasteiger partial charge in [0.2, 0.25) is 0 Å². The van der Waals surface area contributed by atoms with Crippen LogP contribution in [0.5, 0.6) is 11.5 Å². The van der Waals surface area contributed by atoms with Crippen molar-refractivity contribution in [3.05, 3.63) is 23.8 Å². The molecule has 0 unspecified atom stereocenters. The molecule has 0 amide bonds. The zero-order valence-electron chi connectivity index (χ0n) is 9.75. The molecule has 0 radical (unpaired) electrons. The third-order valence-electron chi connectivity index (χ3n) is 2.31. The second kappa shape index (κ2) is 7.36. The molecule has 0 saturated carbocycles. The van der Waals surface area contributed by atoms with Gasteiger partial charge in [-0.2, -0.15) is 0 Å². The first-order valence-electron chi connectivity index (χ1n) is 5.29. The number of rotatable bonds is 7. The predicted octanol–water partition coefficient (Wildman–Crippen LogP) is 2.07. The van der Waals surface area contributed by atoms with Crippen molar-refractivity contribution in [2.75, 3.05) is 33.2 Å². The molecular weight excluding hydrogens is 226 g/mol. The number of methoxy groups -OCH3 is 2. The minimum absolute atomic E-state index is 0.645. The maximum absolute atomic E-state index is 5.57. The summed E-state index contributed by atoms with van der Waals surface area (Å²) in [6, 6.07) is 5.97. The number of benzene rings is 1. The lowest BCUT2D eigenvalue weighted by Crippen LogP contribution is -2.19. The van der Waals surface area contributed by atoms with Gasteiger partial charge in [0.15, 0.2) is 11.5 Å². The minimum Gasteiger partial charge on any atom is -0.493 e. The predicted molar refractivity (Wildman–Crippen MR) is 66.8 cm³/mol. The SMILES string of the molecule is COc1ccc(CCNCCCl)cc1OC. The molecule has 0 bridgehead atoms. The fourth-order valence-corrected chi connectivity index (χ4v) is 1.59. The molecule has 3 nitrogen and oxygen atoms in total. The molecule has 90 valence electrons. The van der Waals surface area contributed by atoms with Crippen molar-refractivity contribution < 1.29 is 9.47 Å². The van der Waals surface area contributed by atoms with Gasteiger partial charge in [-0.25, -0.2) is 0 Å². The van der Waals surface area contributed by atoms with Crippen LogP contribution < -0.4 is 14.8 Å². The van der Waals surface area contributed by atoms with Crippen molar-refractivity contribution in [3.63, 3.8) is 0 Å². The van der Waals surface area contributed by atoms with Gasteiger partial charge in [0.05, 0.1) is 14.2 Å². The van der Waals surface area contributed by atoms with Crippen molar-refractivity contribution >= 4 is 11.6 Å². The quantitative estimate of drug-likeness (QED) is 0.588. The molecule has 0 heterocycles. The lowest BCUT2D eigenvalue weighted by molar-refractivity contribution is 0.354. The molecule has 0 aromatic heterocycles. The molecular formula is C12H18ClNO2. The Kier molecular flexibility index (Phi) is 6.04. The first-order chi connectivity index (χ1) is 7.81. The van der Waals surface area contributed by atoms with Gasteiger partial charge >= 0.3 is 0 Å². The summed E-state index contributed by atoms with van der Waals surface area (Å²) in [6.45, 7) is 1.76. The van der Waals surface area contributed by atoms with E-state index in [0.29, 0.717) is 5.88 Å². The van der Waals surface area contributed by atoms with Crippen LogP contribution in [-0.2, 0) is 6.42 Å². The third kappa shape index (κ3) is 3.91. The van der Waals surface area contributed by atoms with Gasteiger partial charge < -0.3 is 14.8 Å². The summed E-state index contributed by atoms with van der Waals surface area (Å²) >= 11 is 5.57. The standard InChI is InChI=1S/C12H18ClNO2/c1-15-11-4-3-10(9-12(11)16-2)5-7-14-8-6-13/h3-4,9,14H,5-8H2,1-2H3. The van der Waals surface area contributed by atoms with E-state index in [-0.39, 0.29) is 0 Å². The Morgan fingerprint density at radius 3 is 2.50 bits per heavy atom. The van der Waals surface area contributed by atoms with E-state index in [0.717, 1.165) is 31.0 Å². The van der Waals surface area contributed by atoms with Crippen LogP contribution in [0.3, 0.4) is 0 Å². The van der Waals surface area contributed by atoms with E-state index in [1.54, 1.807) is 14.2 Å². The highest BCUT2D eigenvalue weighted by molar-refractivity contribution is 6.18. The van der Waals surface area contributed by atoms with Crippen molar-refractivity contribution in [3.8, 4) is 11.5 Å². The molecule has 0 aliphatic heterocycles. The largest absolute Gasteiger partial charge is 0.493 e. The highest BCUT2D eigenvalue weighted by atomic mass is 35.5. The normalized spacial score (nSPS) is 10.2. The van der Waals surface area contributed by atoms with Crippen LogP contribution in [0, 0.1) is 0 Å². The van der Waals surface area contributed by atoms with Crippen LogP contribution in [0.25, 0.3) is 0 Å². The first-order valence-corrected chi connectivity index (χ1v) is 5.83. The molecule has 1 N–H and O–H groups in total. The topological polar surface area (TPSA) is 30.5 Å². The zero-order chi connectivity index (χ0) is 11.8. The summed E-state index contributed by atoms with van der Waals surface area (Å²) in [7, 11) is 3.28. The van der Waals surface area contributed by atoms with Crippen LogP contribution >= 0.6 is 11.6 Å². The van der Waals surface area contributed by atoms with Crippen molar-refractivity contribution in [2.45, 2.75) is 6.42 Å². The molecule has 0 saturated heterocycles. The van der Waals surface area contributed by atoms with E-state index in [9.17, 15) is 0 Å². The molecule has 1 rings (SSSR count). The number of nitrogens with one attached hydrogen (secondary N) is 1. The van der Waals surface area contributed by atoms with Crippen LogP contribution in [0.1, 0.15) is 5.56 Å². The molecule has 1 aromatic carbocycles. The Labute approximate surface area is 102 Å². The van der Waals surface area contributed by atoms with Gasteiger partial charge in [0.25, 0.3) is 0 Å². The number of hydrogen-bond donors (Lipinski definition) is 1. The molecule has 0 aliphatic carbocycles. The minimum atomic E-state index is 0.645. The van der Waals surface area contributed by atoms with Gasteiger partial charge in [-0.15, -0.1) is 11.6 Å². The van der Waals surface area contributed by atoms with Gasteiger partial charge in [0, 0.05) is 12.4 Å². The lowest BCUT2D eigenvalue weighted by Gasteiger charge is -2.09. The summed E-state index contributed by atoms with van der Waals surface area (Å²) in [5, 5.41) is 3.25. The number of ether oxygens (including phenoxy) is 2. The summed E-state index contributed by atoms with van der Waals surface area (Å²) in [6.07, 6.45) is 0.956. The van der Waals surface area contributed by atoms with Crippen molar-refractivity contribution in [2.24, 2.45) is 0 Å². The van der Waals surface area contributed by atoms with Gasteiger partial charge in [-0.3, -0.25) is 0 Å². The molecule has 0 fully saturated rings. The monoisotopic (exact) mass is 243 g/mol. The van der Waals surface area contributed by atoms with E-state index in [4.69, 9.17) is 21.1 Å². The second-order valence-electron chi connectivity index (χ2n) is 3.38. The summed E-state index contributed by atoms with van der Waals surface area (Å²) < 4.78 is 10.4. The maximum atomic E-state index is 5.57. The molecule has 1 aromatic rings. The lowest BCUT2D eigenvalue weighted by atomic mass is 10.1. The Morgan fingerprint density at radius 1 is 1.12 bits per heavy atom. The second-order valence-corrected chi connectivity index (χ2v) is 3.76. The summed E-state index contributed by atoms with van der Waals surface area (Å²) in [5.41, 5.74) is 1.22. The molecule has 0 atom stereocenters. The molecule has 4 heteroatoms. The smallest absolute Gasteiger partial charge is 0.160 e. The van der Waals surface area contributed by atoms with Crippen molar-refractivity contribution in [1.29, 1.82) is 0 Å². The fourth-order valence-electron chi connectivity index (χ4n) is 1.46. The van der Waals surface area contributed by atoms with E-state index in [1.807, 2.05) is 18.2 Å². The Hall–Kier alpha value is -0.930. The van der Waals surface area contributed by atoms with Crippen LogP contribution in [-0.4, -0.2) is 33.2 Å². The van der Waals surface area contributed by atoms with Gasteiger partial charge in [-0.05, 0) is 30.7 Å². The third-order valence-corrected chi connectivity index (χ3v) is 2.50. The average Bonchev–Trinajstić information content (AvgIpc) is 2.34. The Balaban J connectivity index is 2.54. The zero-order valence-corrected chi connectivity index (χ0v) is 10.5. The molecule has 0 spiro atoms. The summed E-state index contributed by atoms with van der Waals surface area (Å²) in [4.78, 5) is 0. The molecule has 0 aliphatic rings. The molecule has 16 heavy (non-hydrogen) atoms. The summed E-state index contributed by atoms with van der Waals surface area (Å²) in [5.74, 6) is 2.18. The Bertz CT molecular complexity index is 318.